The molecule has 1 atom stereocenters. The number of anilines is 1. The molecule has 0 fully saturated rings. The number of nitrogens with zero attached hydrogens (tertiary/aromatic N) is 2. The summed E-state index contributed by atoms with van der Waals surface area (Å²) in [4.78, 5) is 12.7. The Kier molecular flexibility index (Phi) is 7.11. The molecule has 3 aromatic rings. The lowest BCUT2D eigenvalue weighted by Gasteiger charge is -2.17. The molecule has 0 saturated heterocycles. The van der Waals surface area contributed by atoms with E-state index in [4.69, 9.17) is 11.6 Å². The van der Waals surface area contributed by atoms with Crippen molar-refractivity contribution in [3.63, 3.8) is 0 Å². The number of halogens is 2. The standard InChI is InChI=1S/C24H24ClFN4O/c1-15-17(3)30(14-18-8-10-19(26)11-9-18)24(21(15)12-27)29-23(31)13-28-16(2)20-6-4-5-7-22(20)25/h4-11,16,28H,13-14H2,1-3H3,(H,29,31). The zero-order chi connectivity index (χ0) is 22.5. The van der Waals surface area contributed by atoms with Gasteiger partial charge in [0.2, 0.25) is 5.91 Å². The van der Waals surface area contributed by atoms with Crippen LogP contribution >= 0.6 is 11.6 Å². The number of carbonyl (C=O) groups excluding carboxylic acids is 1. The SMILES string of the molecule is Cc1c(C#N)c(NC(=O)CNC(C)c2ccccc2Cl)n(Cc2ccc(F)cc2)c1C. The van der Waals surface area contributed by atoms with Crippen LogP contribution in [-0.4, -0.2) is 17.0 Å². The van der Waals surface area contributed by atoms with Gasteiger partial charge in [-0.2, -0.15) is 5.26 Å². The van der Waals surface area contributed by atoms with Crippen molar-refractivity contribution in [2.45, 2.75) is 33.4 Å². The second-order valence-electron chi connectivity index (χ2n) is 7.43. The molecule has 31 heavy (non-hydrogen) atoms. The maximum atomic E-state index is 13.3. The van der Waals surface area contributed by atoms with Crippen LogP contribution in [0.2, 0.25) is 5.02 Å². The first-order valence-corrected chi connectivity index (χ1v) is 10.3. The normalized spacial score (nSPS) is 11.7. The number of nitriles is 1. The lowest BCUT2D eigenvalue weighted by atomic mass is 10.1. The van der Waals surface area contributed by atoms with Gasteiger partial charge in [-0.3, -0.25) is 4.79 Å². The monoisotopic (exact) mass is 438 g/mol. The molecule has 160 valence electrons. The molecule has 1 heterocycles. The Labute approximate surface area is 186 Å². The van der Waals surface area contributed by atoms with Crippen molar-refractivity contribution >= 4 is 23.3 Å². The van der Waals surface area contributed by atoms with E-state index in [9.17, 15) is 14.4 Å². The third-order valence-electron chi connectivity index (χ3n) is 5.39. The number of hydrogen-bond acceptors (Lipinski definition) is 3. The number of rotatable bonds is 7. The summed E-state index contributed by atoms with van der Waals surface area (Å²) in [7, 11) is 0. The van der Waals surface area contributed by atoms with Gasteiger partial charge < -0.3 is 15.2 Å². The fourth-order valence-corrected chi connectivity index (χ4v) is 3.76. The first-order valence-electron chi connectivity index (χ1n) is 9.93. The number of nitrogens with one attached hydrogen (secondary N) is 2. The molecule has 2 N–H and O–H groups in total. The van der Waals surface area contributed by atoms with Crippen LogP contribution in [0.4, 0.5) is 10.2 Å². The minimum Gasteiger partial charge on any atom is -0.326 e. The summed E-state index contributed by atoms with van der Waals surface area (Å²) < 4.78 is 15.1. The summed E-state index contributed by atoms with van der Waals surface area (Å²) in [6.07, 6.45) is 0. The second-order valence-corrected chi connectivity index (χ2v) is 7.84. The van der Waals surface area contributed by atoms with E-state index >= 15 is 0 Å². The Morgan fingerprint density at radius 3 is 2.52 bits per heavy atom. The van der Waals surface area contributed by atoms with Gasteiger partial charge in [0.05, 0.1) is 12.1 Å². The predicted molar refractivity (Wildman–Crippen MR) is 121 cm³/mol. The van der Waals surface area contributed by atoms with Gasteiger partial charge in [0.15, 0.2) is 0 Å². The van der Waals surface area contributed by atoms with Crippen LogP contribution in [0.1, 0.15) is 40.9 Å². The van der Waals surface area contributed by atoms with Crippen LogP contribution in [0.25, 0.3) is 0 Å². The molecule has 0 aliphatic rings. The van der Waals surface area contributed by atoms with Crippen molar-refractivity contribution < 1.29 is 9.18 Å². The largest absolute Gasteiger partial charge is 0.326 e. The summed E-state index contributed by atoms with van der Waals surface area (Å²) in [6.45, 7) is 6.14. The lowest BCUT2D eigenvalue weighted by Crippen LogP contribution is -2.31. The van der Waals surface area contributed by atoms with E-state index in [-0.39, 0.29) is 24.3 Å². The lowest BCUT2D eigenvalue weighted by molar-refractivity contribution is -0.115. The number of carbonyl (C=O) groups is 1. The number of amides is 1. The van der Waals surface area contributed by atoms with E-state index in [0.29, 0.717) is 22.9 Å². The number of benzene rings is 2. The van der Waals surface area contributed by atoms with Gasteiger partial charge >= 0.3 is 0 Å². The molecule has 7 heteroatoms. The third kappa shape index (κ3) is 5.13. The summed E-state index contributed by atoms with van der Waals surface area (Å²) in [6, 6.07) is 15.7. The molecule has 5 nitrogen and oxygen atoms in total. The number of aromatic nitrogens is 1. The van der Waals surface area contributed by atoms with Crippen LogP contribution in [-0.2, 0) is 11.3 Å². The van der Waals surface area contributed by atoms with Crippen molar-refractivity contribution in [2.24, 2.45) is 0 Å². The van der Waals surface area contributed by atoms with E-state index in [0.717, 1.165) is 22.4 Å². The molecule has 3 rings (SSSR count). The Balaban J connectivity index is 1.77. The Bertz CT molecular complexity index is 1130. The highest BCUT2D eigenvalue weighted by Crippen LogP contribution is 2.27. The van der Waals surface area contributed by atoms with Crippen molar-refractivity contribution in [2.75, 3.05) is 11.9 Å². The molecule has 0 spiro atoms. The van der Waals surface area contributed by atoms with Gasteiger partial charge in [-0.25, -0.2) is 4.39 Å². The van der Waals surface area contributed by atoms with E-state index in [1.807, 2.05) is 49.6 Å². The molecule has 0 radical (unpaired) electrons. The first-order chi connectivity index (χ1) is 14.8. The van der Waals surface area contributed by atoms with Gasteiger partial charge in [-0.15, -0.1) is 0 Å². The van der Waals surface area contributed by atoms with Crippen molar-refractivity contribution in [3.8, 4) is 6.07 Å². The molecule has 1 amide bonds. The quantitative estimate of drug-likeness (QED) is 0.538. The summed E-state index contributed by atoms with van der Waals surface area (Å²) in [5, 5.41) is 16.3. The molecular formula is C24H24ClFN4O. The summed E-state index contributed by atoms with van der Waals surface area (Å²) in [5.74, 6) is -0.138. The minimum absolute atomic E-state index is 0.0527. The predicted octanol–water partition coefficient (Wildman–Crippen LogP) is 5.11. The topological polar surface area (TPSA) is 69.8 Å². The average molecular weight is 439 g/mol. The van der Waals surface area contributed by atoms with Gasteiger partial charge in [0.25, 0.3) is 0 Å². The smallest absolute Gasteiger partial charge is 0.239 e. The molecule has 0 saturated carbocycles. The van der Waals surface area contributed by atoms with E-state index in [1.54, 1.807) is 12.1 Å². The summed E-state index contributed by atoms with van der Waals surface area (Å²) >= 11 is 6.23. The zero-order valence-corrected chi connectivity index (χ0v) is 18.4. The maximum Gasteiger partial charge on any atom is 0.239 e. The van der Waals surface area contributed by atoms with Crippen molar-refractivity contribution in [3.05, 3.63) is 87.3 Å². The van der Waals surface area contributed by atoms with Gasteiger partial charge in [0, 0.05) is 23.3 Å². The molecular weight excluding hydrogens is 415 g/mol. The average Bonchev–Trinajstić information content (AvgIpc) is 2.97. The maximum absolute atomic E-state index is 13.3. The van der Waals surface area contributed by atoms with Crippen LogP contribution in [0.3, 0.4) is 0 Å². The second kappa shape index (κ2) is 9.78. The van der Waals surface area contributed by atoms with Gasteiger partial charge in [-0.1, -0.05) is 41.9 Å². The number of hydrogen-bond donors (Lipinski definition) is 2. The minimum atomic E-state index is -0.311. The highest BCUT2D eigenvalue weighted by Gasteiger charge is 2.20. The molecule has 1 unspecified atom stereocenters. The van der Waals surface area contributed by atoms with Crippen LogP contribution in [0.5, 0.6) is 0 Å². The summed E-state index contributed by atoms with van der Waals surface area (Å²) in [5.41, 5.74) is 3.86. The van der Waals surface area contributed by atoms with E-state index < -0.39 is 0 Å². The fraction of sp³-hybridized carbons (Fsp3) is 0.250. The molecule has 0 aliphatic carbocycles. The first kappa shape index (κ1) is 22.5. The van der Waals surface area contributed by atoms with E-state index in [1.165, 1.54) is 12.1 Å². The molecule has 0 aliphatic heterocycles. The Morgan fingerprint density at radius 1 is 1.19 bits per heavy atom. The third-order valence-corrected chi connectivity index (χ3v) is 5.74. The zero-order valence-electron chi connectivity index (χ0n) is 17.7. The van der Waals surface area contributed by atoms with Crippen LogP contribution < -0.4 is 10.6 Å². The Morgan fingerprint density at radius 2 is 1.87 bits per heavy atom. The molecule has 1 aromatic heterocycles. The van der Waals surface area contributed by atoms with Crippen molar-refractivity contribution in [1.29, 1.82) is 5.26 Å². The highest BCUT2D eigenvalue weighted by atomic mass is 35.5. The Hall–Kier alpha value is -3.14. The molecule has 2 aromatic carbocycles. The van der Waals surface area contributed by atoms with Gasteiger partial charge in [0.1, 0.15) is 17.7 Å². The molecule has 0 bridgehead atoms. The van der Waals surface area contributed by atoms with E-state index in [2.05, 4.69) is 16.7 Å². The van der Waals surface area contributed by atoms with Crippen molar-refractivity contribution in [1.82, 2.24) is 9.88 Å². The van der Waals surface area contributed by atoms with Gasteiger partial charge in [-0.05, 0) is 55.7 Å². The van der Waals surface area contributed by atoms with Crippen LogP contribution in [0.15, 0.2) is 48.5 Å². The highest BCUT2D eigenvalue weighted by molar-refractivity contribution is 6.31. The fourth-order valence-electron chi connectivity index (χ4n) is 3.46. The van der Waals surface area contributed by atoms with Crippen LogP contribution in [0, 0.1) is 31.0 Å².